The van der Waals surface area contributed by atoms with Gasteiger partial charge < -0.3 is 4.90 Å². The quantitative estimate of drug-likeness (QED) is 0.681. The van der Waals surface area contributed by atoms with Crippen LogP contribution < -0.4 is 0 Å². The normalized spacial score (nSPS) is 12.2. The molecule has 1 rings (SSSR count). The lowest BCUT2D eigenvalue weighted by atomic mass is 10.1. The molecule has 0 radical (unpaired) electrons. The molecule has 0 fully saturated rings. The van der Waals surface area contributed by atoms with E-state index in [2.05, 4.69) is 49.7 Å². The van der Waals surface area contributed by atoms with Crippen molar-refractivity contribution in [2.45, 2.75) is 19.9 Å². The first-order chi connectivity index (χ1) is 6.13. The molecule has 1 aromatic carbocycles. The van der Waals surface area contributed by atoms with Crippen LogP contribution in [0.15, 0.2) is 42.6 Å². The van der Waals surface area contributed by atoms with E-state index in [1.165, 1.54) is 5.56 Å². The van der Waals surface area contributed by atoms with Gasteiger partial charge in [-0.3, -0.25) is 0 Å². The molecule has 0 aliphatic heterocycles. The first kappa shape index (κ1) is 9.85. The van der Waals surface area contributed by atoms with E-state index in [9.17, 15) is 0 Å². The maximum Gasteiger partial charge on any atom is 0.0507 e. The fourth-order valence-electron chi connectivity index (χ4n) is 1.29. The second-order valence-corrected chi connectivity index (χ2v) is 3.43. The fourth-order valence-corrected chi connectivity index (χ4v) is 1.29. The summed E-state index contributed by atoms with van der Waals surface area (Å²) in [5.41, 5.74) is 2.42. The van der Waals surface area contributed by atoms with Crippen molar-refractivity contribution in [3.63, 3.8) is 0 Å². The number of rotatable bonds is 3. The monoisotopic (exact) mass is 175 g/mol. The van der Waals surface area contributed by atoms with E-state index in [4.69, 9.17) is 0 Å². The lowest BCUT2D eigenvalue weighted by molar-refractivity contribution is 0.332. The van der Waals surface area contributed by atoms with Crippen LogP contribution >= 0.6 is 0 Å². The Bertz CT molecular complexity index is 276. The molecule has 1 unspecified atom stereocenters. The fraction of sp³-hybridized carbons (Fsp3) is 0.333. The van der Waals surface area contributed by atoms with Crippen molar-refractivity contribution in [2.24, 2.45) is 0 Å². The van der Waals surface area contributed by atoms with Gasteiger partial charge in [-0.15, -0.1) is 0 Å². The van der Waals surface area contributed by atoms with Crippen molar-refractivity contribution >= 4 is 0 Å². The zero-order valence-corrected chi connectivity index (χ0v) is 8.62. The summed E-state index contributed by atoms with van der Waals surface area (Å²) in [6.07, 6.45) is 0. The Labute approximate surface area is 80.7 Å². The minimum Gasteiger partial charge on any atom is -0.372 e. The molecule has 0 heterocycles. The number of benzene rings is 1. The summed E-state index contributed by atoms with van der Waals surface area (Å²) in [5.74, 6) is 0. The molecule has 1 nitrogen and oxygen atoms in total. The Morgan fingerprint density at radius 2 is 1.85 bits per heavy atom. The van der Waals surface area contributed by atoms with Crippen LogP contribution in [-0.2, 0) is 0 Å². The Kier molecular flexibility index (Phi) is 3.13. The summed E-state index contributed by atoms with van der Waals surface area (Å²) in [4.78, 5) is 2.18. The third-order valence-corrected chi connectivity index (χ3v) is 2.47. The molecular formula is C12H17N. The average molecular weight is 175 g/mol. The van der Waals surface area contributed by atoms with E-state index in [1.807, 2.05) is 13.0 Å². The molecule has 0 saturated heterocycles. The lowest BCUT2D eigenvalue weighted by Crippen LogP contribution is -2.19. The molecule has 0 aliphatic carbocycles. The van der Waals surface area contributed by atoms with E-state index in [-0.39, 0.29) is 0 Å². The molecule has 70 valence electrons. The van der Waals surface area contributed by atoms with Crippen LogP contribution in [0.3, 0.4) is 0 Å². The summed E-state index contributed by atoms with van der Waals surface area (Å²) in [7, 11) is 2.07. The summed E-state index contributed by atoms with van der Waals surface area (Å²) in [5, 5.41) is 0. The smallest absolute Gasteiger partial charge is 0.0507 e. The van der Waals surface area contributed by atoms with Crippen molar-refractivity contribution in [3.8, 4) is 0 Å². The molecule has 0 saturated carbocycles. The van der Waals surface area contributed by atoms with E-state index in [0.717, 1.165) is 5.70 Å². The third kappa shape index (κ3) is 2.35. The predicted octanol–water partition coefficient (Wildman–Crippen LogP) is 3.21. The van der Waals surface area contributed by atoms with Crippen molar-refractivity contribution in [3.05, 3.63) is 48.2 Å². The summed E-state index contributed by atoms with van der Waals surface area (Å²) < 4.78 is 0. The van der Waals surface area contributed by atoms with E-state index < -0.39 is 0 Å². The largest absolute Gasteiger partial charge is 0.372 e. The van der Waals surface area contributed by atoms with Crippen LogP contribution in [-0.4, -0.2) is 11.9 Å². The number of nitrogens with zero attached hydrogens (tertiary/aromatic N) is 1. The standard InChI is InChI=1S/C12H17N/c1-10(2)13(4)11(3)12-8-6-5-7-9-12/h5-9,11H,1H2,2-4H3. The van der Waals surface area contributed by atoms with Gasteiger partial charge in [0.25, 0.3) is 0 Å². The van der Waals surface area contributed by atoms with Gasteiger partial charge in [-0.1, -0.05) is 36.9 Å². The maximum atomic E-state index is 3.93. The minimum atomic E-state index is 0.402. The third-order valence-electron chi connectivity index (χ3n) is 2.47. The summed E-state index contributed by atoms with van der Waals surface area (Å²) in [6.45, 7) is 8.14. The molecule has 0 N–H and O–H groups in total. The van der Waals surface area contributed by atoms with Crippen LogP contribution in [0, 0.1) is 0 Å². The van der Waals surface area contributed by atoms with Gasteiger partial charge in [-0.25, -0.2) is 0 Å². The zero-order chi connectivity index (χ0) is 9.84. The zero-order valence-electron chi connectivity index (χ0n) is 8.62. The molecular weight excluding hydrogens is 158 g/mol. The lowest BCUT2D eigenvalue weighted by Gasteiger charge is -2.27. The van der Waals surface area contributed by atoms with Gasteiger partial charge in [-0.05, 0) is 19.4 Å². The Balaban J connectivity index is 2.79. The van der Waals surface area contributed by atoms with Crippen LogP contribution in [0.25, 0.3) is 0 Å². The Morgan fingerprint density at radius 3 is 2.31 bits per heavy atom. The average Bonchev–Trinajstić information content (AvgIpc) is 2.17. The van der Waals surface area contributed by atoms with Crippen LogP contribution in [0.4, 0.5) is 0 Å². The summed E-state index contributed by atoms with van der Waals surface area (Å²) >= 11 is 0. The topological polar surface area (TPSA) is 3.24 Å². The highest BCUT2D eigenvalue weighted by molar-refractivity contribution is 5.19. The number of allylic oxidation sites excluding steroid dienone is 1. The molecule has 0 aromatic heterocycles. The molecule has 0 spiro atoms. The molecule has 0 bridgehead atoms. The van der Waals surface area contributed by atoms with Crippen LogP contribution in [0.5, 0.6) is 0 Å². The van der Waals surface area contributed by atoms with E-state index >= 15 is 0 Å². The van der Waals surface area contributed by atoms with Crippen LogP contribution in [0.2, 0.25) is 0 Å². The second-order valence-electron chi connectivity index (χ2n) is 3.43. The highest BCUT2D eigenvalue weighted by Gasteiger charge is 2.09. The first-order valence-electron chi connectivity index (χ1n) is 4.56. The molecule has 0 aliphatic rings. The highest BCUT2D eigenvalue weighted by Crippen LogP contribution is 2.20. The number of hydrogen-bond donors (Lipinski definition) is 0. The van der Waals surface area contributed by atoms with Gasteiger partial charge in [0.15, 0.2) is 0 Å². The van der Waals surface area contributed by atoms with Crippen molar-refractivity contribution in [1.82, 2.24) is 4.90 Å². The maximum absolute atomic E-state index is 3.93. The summed E-state index contributed by atoms with van der Waals surface area (Å²) in [6, 6.07) is 10.9. The predicted molar refractivity (Wildman–Crippen MR) is 57.4 cm³/mol. The molecule has 0 amide bonds. The molecule has 1 aromatic rings. The van der Waals surface area contributed by atoms with Crippen molar-refractivity contribution < 1.29 is 0 Å². The van der Waals surface area contributed by atoms with E-state index in [1.54, 1.807) is 0 Å². The van der Waals surface area contributed by atoms with Gasteiger partial charge in [0.1, 0.15) is 0 Å². The molecule has 1 atom stereocenters. The van der Waals surface area contributed by atoms with Crippen molar-refractivity contribution in [1.29, 1.82) is 0 Å². The second kappa shape index (κ2) is 4.13. The number of hydrogen-bond acceptors (Lipinski definition) is 1. The molecule has 1 heteroatoms. The van der Waals surface area contributed by atoms with Gasteiger partial charge in [0.05, 0.1) is 6.04 Å². The first-order valence-corrected chi connectivity index (χ1v) is 4.56. The SMILES string of the molecule is C=C(C)N(C)C(C)c1ccccc1. The van der Waals surface area contributed by atoms with Crippen LogP contribution in [0.1, 0.15) is 25.5 Å². The Morgan fingerprint density at radius 1 is 1.31 bits per heavy atom. The van der Waals surface area contributed by atoms with E-state index in [0.29, 0.717) is 6.04 Å². The minimum absolute atomic E-state index is 0.402. The molecule has 13 heavy (non-hydrogen) atoms. The Hall–Kier alpha value is -1.24. The van der Waals surface area contributed by atoms with Gasteiger partial charge >= 0.3 is 0 Å². The van der Waals surface area contributed by atoms with Gasteiger partial charge in [0.2, 0.25) is 0 Å². The van der Waals surface area contributed by atoms with Gasteiger partial charge in [0, 0.05) is 12.7 Å². The van der Waals surface area contributed by atoms with Crippen molar-refractivity contribution in [2.75, 3.05) is 7.05 Å². The highest BCUT2D eigenvalue weighted by atomic mass is 15.1. The van der Waals surface area contributed by atoms with Gasteiger partial charge in [-0.2, -0.15) is 0 Å².